The van der Waals surface area contributed by atoms with Gasteiger partial charge in [0, 0.05) is 18.6 Å². The first-order valence-electron chi connectivity index (χ1n) is 6.00. The van der Waals surface area contributed by atoms with Gasteiger partial charge >= 0.3 is 12.0 Å². The molecule has 0 radical (unpaired) electrons. The normalized spacial score (nSPS) is 17.4. The summed E-state index contributed by atoms with van der Waals surface area (Å²) in [5.41, 5.74) is -0.722. The maximum atomic E-state index is 11.9. The van der Waals surface area contributed by atoms with Crippen LogP contribution in [0.1, 0.15) is 40.0 Å². The number of carboxylic acids is 1. The minimum absolute atomic E-state index is 0.0790. The van der Waals surface area contributed by atoms with E-state index in [0.717, 1.165) is 0 Å². The number of nitrogens with zero attached hydrogens (tertiary/aromatic N) is 1. The van der Waals surface area contributed by atoms with Crippen LogP contribution < -0.4 is 5.32 Å². The third kappa shape index (κ3) is 4.24. The summed E-state index contributed by atoms with van der Waals surface area (Å²) in [6.45, 7) is 5.46. The highest BCUT2D eigenvalue weighted by molar-refractivity contribution is 5.76. The number of carbonyl (C=O) groups is 2. The van der Waals surface area contributed by atoms with Crippen molar-refractivity contribution in [3.63, 3.8) is 0 Å². The summed E-state index contributed by atoms with van der Waals surface area (Å²) < 4.78 is 0. The first kappa shape index (κ1) is 13.8. The first-order chi connectivity index (χ1) is 7.73. The zero-order valence-electron chi connectivity index (χ0n) is 11.0. The zero-order valence-corrected chi connectivity index (χ0v) is 11.0. The lowest BCUT2D eigenvalue weighted by Gasteiger charge is -2.31. The average molecular weight is 242 g/mol. The highest BCUT2D eigenvalue weighted by atomic mass is 16.4. The van der Waals surface area contributed by atoms with E-state index in [1.807, 2.05) is 6.92 Å². The Morgan fingerprint density at radius 1 is 1.47 bits per heavy atom. The maximum Gasteiger partial charge on any atom is 0.317 e. The van der Waals surface area contributed by atoms with Crippen LogP contribution in [-0.2, 0) is 4.79 Å². The maximum absolute atomic E-state index is 11.9. The molecule has 2 N–H and O–H groups in total. The van der Waals surface area contributed by atoms with E-state index in [4.69, 9.17) is 5.11 Å². The molecule has 0 heterocycles. The fourth-order valence-corrected chi connectivity index (χ4v) is 1.88. The Balaban J connectivity index is 2.49. The van der Waals surface area contributed by atoms with Crippen LogP contribution in [0.5, 0.6) is 0 Å². The summed E-state index contributed by atoms with van der Waals surface area (Å²) in [5.74, 6) is -0.304. The van der Waals surface area contributed by atoms with Crippen molar-refractivity contribution < 1.29 is 14.7 Å². The number of nitrogens with one attached hydrogen (secondary N) is 1. The molecule has 17 heavy (non-hydrogen) atoms. The van der Waals surface area contributed by atoms with E-state index in [9.17, 15) is 9.59 Å². The number of hydrogen-bond acceptors (Lipinski definition) is 2. The highest BCUT2D eigenvalue weighted by Gasteiger charge is 2.34. The third-order valence-corrected chi connectivity index (χ3v) is 3.27. The molecule has 2 amide bonds. The molecule has 0 bridgehead atoms. The van der Waals surface area contributed by atoms with Gasteiger partial charge in [0.2, 0.25) is 0 Å². The largest absolute Gasteiger partial charge is 0.481 e. The van der Waals surface area contributed by atoms with Crippen molar-refractivity contribution in [1.82, 2.24) is 10.2 Å². The average Bonchev–Trinajstić information content (AvgIpc) is 2.95. The van der Waals surface area contributed by atoms with E-state index < -0.39 is 11.5 Å². The summed E-state index contributed by atoms with van der Waals surface area (Å²) in [6, 6.07) is 0.0197. The van der Waals surface area contributed by atoms with Gasteiger partial charge in [0.1, 0.15) is 0 Å². The standard InChI is InChI=1S/C12H22N2O3/c1-8(9-5-6-9)14(4)11(17)13-12(2,3)7-10(15)16/h8-9H,5-7H2,1-4H3,(H,13,17)(H,15,16). The second-order valence-electron chi connectivity index (χ2n) is 5.57. The van der Waals surface area contributed by atoms with Crippen molar-refractivity contribution in [2.24, 2.45) is 5.92 Å². The molecule has 0 spiro atoms. The van der Waals surface area contributed by atoms with Gasteiger partial charge in [0.25, 0.3) is 0 Å². The Morgan fingerprint density at radius 3 is 2.41 bits per heavy atom. The van der Waals surface area contributed by atoms with Crippen LogP contribution in [0.4, 0.5) is 4.79 Å². The molecule has 1 unspecified atom stereocenters. The van der Waals surface area contributed by atoms with E-state index in [0.29, 0.717) is 5.92 Å². The Bertz CT molecular complexity index is 311. The number of aliphatic carboxylic acids is 1. The van der Waals surface area contributed by atoms with Crippen LogP contribution in [0.25, 0.3) is 0 Å². The summed E-state index contributed by atoms with van der Waals surface area (Å²) in [4.78, 5) is 24.3. The van der Waals surface area contributed by atoms with Gasteiger partial charge in [-0.15, -0.1) is 0 Å². The van der Waals surface area contributed by atoms with Gasteiger partial charge in [-0.1, -0.05) is 0 Å². The summed E-state index contributed by atoms with van der Waals surface area (Å²) in [6.07, 6.45) is 2.28. The SMILES string of the molecule is CC(C1CC1)N(C)C(=O)NC(C)(C)CC(=O)O. The fourth-order valence-electron chi connectivity index (χ4n) is 1.88. The Labute approximate surface area is 102 Å². The van der Waals surface area contributed by atoms with Crippen LogP contribution in [0, 0.1) is 5.92 Å². The van der Waals surface area contributed by atoms with Gasteiger partial charge in [-0.2, -0.15) is 0 Å². The van der Waals surface area contributed by atoms with Crippen LogP contribution in [0.15, 0.2) is 0 Å². The molecule has 1 aliphatic rings. The quantitative estimate of drug-likeness (QED) is 0.770. The molecule has 0 aromatic heterocycles. The minimum atomic E-state index is -0.909. The monoisotopic (exact) mass is 242 g/mol. The molecular weight excluding hydrogens is 220 g/mol. The number of urea groups is 1. The van der Waals surface area contributed by atoms with Crippen LogP contribution in [0.2, 0.25) is 0 Å². The van der Waals surface area contributed by atoms with E-state index >= 15 is 0 Å². The second-order valence-corrected chi connectivity index (χ2v) is 5.57. The number of amides is 2. The Hall–Kier alpha value is -1.26. The molecule has 1 saturated carbocycles. The molecule has 1 aliphatic carbocycles. The lowest BCUT2D eigenvalue weighted by Crippen LogP contribution is -2.52. The van der Waals surface area contributed by atoms with Crippen molar-refractivity contribution in [1.29, 1.82) is 0 Å². The van der Waals surface area contributed by atoms with Crippen molar-refractivity contribution in [2.75, 3.05) is 7.05 Å². The summed E-state index contributed by atoms with van der Waals surface area (Å²) in [7, 11) is 1.76. The Morgan fingerprint density at radius 2 is 2.00 bits per heavy atom. The lowest BCUT2D eigenvalue weighted by molar-refractivity contribution is -0.138. The molecular formula is C12H22N2O3. The van der Waals surface area contributed by atoms with Crippen molar-refractivity contribution in [3.05, 3.63) is 0 Å². The summed E-state index contributed by atoms with van der Waals surface area (Å²) >= 11 is 0. The molecule has 0 aliphatic heterocycles. The van der Waals surface area contributed by atoms with Gasteiger partial charge in [0.15, 0.2) is 0 Å². The van der Waals surface area contributed by atoms with Gasteiger partial charge in [-0.3, -0.25) is 4.79 Å². The Kier molecular flexibility index (Phi) is 4.01. The number of carboxylic acid groups (broad SMARTS) is 1. The van der Waals surface area contributed by atoms with E-state index in [2.05, 4.69) is 5.32 Å². The molecule has 98 valence electrons. The molecule has 0 saturated heterocycles. The van der Waals surface area contributed by atoms with Crippen LogP contribution in [-0.4, -0.2) is 40.6 Å². The molecule has 0 aromatic rings. The topological polar surface area (TPSA) is 69.6 Å². The van der Waals surface area contributed by atoms with Crippen molar-refractivity contribution in [3.8, 4) is 0 Å². The number of hydrogen-bond donors (Lipinski definition) is 2. The van der Waals surface area contributed by atoms with Crippen molar-refractivity contribution in [2.45, 2.75) is 51.6 Å². The molecule has 1 fully saturated rings. The summed E-state index contributed by atoms with van der Waals surface area (Å²) in [5, 5.41) is 11.5. The molecule has 5 nitrogen and oxygen atoms in total. The van der Waals surface area contributed by atoms with E-state index in [1.54, 1.807) is 25.8 Å². The number of rotatable bonds is 5. The van der Waals surface area contributed by atoms with E-state index in [-0.39, 0.29) is 18.5 Å². The predicted octanol–water partition coefficient (Wildman–Crippen LogP) is 1.68. The zero-order chi connectivity index (χ0) is 13.2. The van der Waals surface area contributed by atoms with Crippen LogP contribution in [0.3, 0.4) is 0 Å². The lowest BCUT2D eigenvalue weighted by atomic mass is 10.0. The molecule has 1 atom stereocenters. The molecule has 1 rings (SSSR count). The highest BCUT2D eigenvalue weighted by Crippen LogP contribution is 2.34. The van der Waals surface area contributed by atoms with Gasteiger partial charge in [-0.05, 0) is 39.5 Å². The van der Waals surface area contributed by atoms with Gasteiger partial charge in [-0.25, -0.2) is 4.79 Å². The molecule has 0 aromatic carbocycles. The minimum Gasteiger partial charge on any atom is -0.481 e. The van der Waals surface area contributed by atoms with Gasteiger partial charge < -0.3 is 15.3 Å². The number of carbonyl (C=O) groups excluding carboxylic acids is 1. The van der Waals surface area contributed by atoms with Gasteiger partial charge in [0.05, 0.1) is 6.42 Å². The first-order valence-corrected chi connectivity index (χ1v) is 6.00. The smallest absolute Gasteiger partial charge is 0.317 e. The molecule has 5 heteroatoms. The predicted molar refractivity (Wildman–Crippen MR) is 64.8 cm³/mol. The fraction of sp³-hybridized carbons (Fsp3) is 0.833. The third-order valence-electron chi connectivity index (χ3n) is 3.27. The second kappa shape index (κ2) is 4.94. The van der Waals surface area contributed by atoms with E-state index in [1.165, 1.54) is 12.8 Å². The van der Waals surface area contributed by atoms with Crippen molar-refractivity contribution >= 4 is 12.0 Å². The van der Waals surface area contributed by atoms with Crippen LogP contribution >= 0.6 is 0 Å².